The van der Waals surface area contributed by atoms with Gasteiger partial charge in [-0.15, -0.1) is 0 Å². The molecular formula is C20H32AgNO3S. The quantitative estimate of drug-likeness (QED) is 0.268. The predicted octanol–water partition coefficient (Wildman–Crippen LogP) is 3.39. The Balaban J connectivity index is 0. The third kappa shape index (κ3) is 16.7. The van der Waals surface area contributed by atoms with Gasteiger partial charge in [0.15, 0.2) is 0 Å². The molecule has 0 radical (unpaired) electrons. The van der Waals surface area contributed by atoms with Crippen LogP contribution in [-0.2, 0) is 32.0 Å². The van der Waals surface area contributed by atoms with Gasteiger partial charge in [-0.1, -0.05) is 34.9 Å². The van der Waals surface area contributed by atoms with Gasteiger partial charge in [0.25, 0.3) is 0 Å². The third-order valence-electron chi connectivity index (χ3n) is 3.62. The Morgan fingerprint density at radius 2 is 1.50 bits per heavy atom. The summed E-state index contributed by atoms with van der Waals surface area (Å²) >= 11 is 1.48. The van der Waals surface area contributed by atoms with Crippen molar-refractivity contribution >= 4 is 23.6 Å². The molecule has 0 aliphatic rings. The van der Waals surface area contributed by atoms with Gasteiger partial charge in [-0.25, -0.2) is 0 Å². The van der Waals surface area contributed by atoms with E-state index in [9.17, 15) is 14.7 Å². The predicted molar refractivity (Wildman–Crippen MR) is 105 cm³/mol. The molecule has 0 bridgehead atoms. The summed E-state index contributed by atoms with van der Waals surface area (Å²) < 4.78 is 0. The van der Waals surface area contributed by atoms with Crippen molar-refractivity contribution in [3.63, 3.8) is 0 Å². The van der Waals surface area contributed by atoms with Crippen LogP contribution in [-0.4, -0.2) is 29.4 Å². The molecule has 0 aromatic heterocycles. The van der Waals surface area contributed by atoms with Gasteiger partial charge in [0.1, 0.15) is 0 Å². The number of rotatable bonds is 12. The van der Waals surface area contributed by atoms with Crippen LogP contribution in [0, 0.1) is 0 Å². The Bertz CT molecular complexity index is 523. The third-order valence-corrected chi connectivity index (χ3v) is 4.59. The molecule has 0 fully saturated rings. The minimum absolute atomic E-state index is 0. The number of thioether (sulfide) groups is 1. The minimum Gasteiger partial charge on any atom is -0.548 e. The molecule has 1 N–H and O–H groups in total. The smallest absolute Gasteiger partial charge is 0.548 e. The van der Waals surface area contributed by atoms with Crippen molar-refractivity contribution in [1.29, 1.82) is 0 Å². The van der Waals surface area contributed by atoms with Gasteiger partial charge in [-0.2, -0.15) is 11.8 Å². The van der Waals surface area contributed by atoms with Crippen molar-refractivity contribution in [3.8, 4) is 0 Å². The molecule has 1 atom stereocenters. The van der Waals surface area contributed by atoms with Crippen molar-refractivity contribution in [1.82, 2.24) is 5.32 Å². The van der Waals surface area contributed by atoms with Crippen LogP contribution in [0.15, 0.2) is 34.9 Å². The number of amides is 1. The summed E-state index contributed by atoms with van der Waals surface area (Å²) in [6.45, 7) is 9.82. The van der Waals surface area contributed by atoms with Crippen molar-refractivity contribution in [2.75, 3.05) is 11.5 Å². The average molecular weight is 474 g/mol. The second kappa shape index (κ2) is 16.4. The molecule has 0 aromatic rings. The maximum absolute atomic E-state index is 10.9. The van der Waals surface area contributed by atoms with Crippen LogP contribution in [0.5, 0.6) is 0 Å². The van der Waals surface area contributed by atoms with E-state index >= 15 is 0 Å². The second-order valence-electron chi connectivity index (χ2n) is 6.57. The molecule has 26 heavy (non-hydrogen) atoms. The van der Waals surface area contributed by atoms with E-state index in [2.05, 4.69) is 51.2 Å². The molecule has 1 amide bonds. The standard InChI is InChI=1S/C20H33NO3S.Ag/c1-15(2)8-6-9-16(3)10-7-11-17(4)12-13-25-14-19(20(23)24)21-18(5)22;/h8,10,12,19H,6-7,9,11,13-14H2,1-5H3,(H,21,22)(H,23,24);/q;+1/p-1/b16-10+,17-12+;/t19-;/m0./s1. The SMILES string of the molecule is CC(=O)N[C@@H](CSC/C=C(\C)CC/C=C(\C)CCC=C(C)C)C(=O)[O-].[Ag+]. The largest absolute Gasteiger partial charge is 1.00 e. The van der Waals surface area contributed by atoms with Crippen LogP contribution < -0.4 is 10.4 Å². The molecule has 6 heteroatoms. The van der Waals surface area contributed by atoms with Gasteiger partial charge < -0.3 is 15.2 Å². The van der Waals surface area contributed by atoms with Gasteiger partial charge in [0.05, 0.1) is 12.0 Å². The van der Waals surface area contributed by atoms with Crippen LogP contribution >= 0.6 is 11.8 Å². The molecule has 0 saturated heterocycles. The van der Waals surface area contributed by atoms with E-state index in [1.54, 1.807) is 0 Å². The normalized spacial score (nSPS) is 12.8. The van der Waals surface area contributed by atoms with E-state index in [4.69, 9.17) is 0 Å². The van der Waals surface area contributed by atoms with Crippen LogP contribution in [0.2, 0.25) is 0 Å². The molecule has 0 rings (SSSR count). The second-order valence-corrected chi connectivity index (χ2v) is 7.64. The van der Waals surface area contributed by atoms with Crippen LogP contribution in [0.25, 0.3) is 0 Å². The summed E-state index contributed by atoms with van der Waals surface area (Å²) in [6.07, 6.45) is 10.9. The average Bonchev–Trinajstić information content (AvgIpc) is 2.49. The number of carboxylic acids is 1. The molecule has 0 aliphatic heterocycles. The summed E-state index contributed by atoms with van der Waals surface area (Å²) in [5, 5.41) is 13.3. The van der Waals surface area contributed by atoms with E-state index in [1.807, 2.05) is 0 Å². The summed E-state index contributed by atoms with van der Waals surface area (Å²) in [5.74, 6) is -0.543. The fourth-order valence-corrected chi connectivity index (χ4v) is 3.13. The minimum atomic E-state index is -1.24. The van der Waals surface area contributed by atoms with Crippen molar-refractivity contribution < 1.29 is 37.1 Å². The van der Waals surface area contributed by atoms with E-state index in [-0.39, 0.29) is 28.3 Å². The topological polar surface area (TPSA) is 69.2 Å². The molecule has 0 saturated carbocycles. The number of hydrogen-bond donors (Lipinski definition) is 1. The molecule has 0 unspecified atom stereocenters. The van der Waals surface area contributed by atoms with Crippen LogP contribution in [0.3, 0.4) is 0 Å². The Morgan fingerprint density at radius 1 is 0.962 bits per heavy atom. The maximum atomic E-state index is 10.9. The van der Waals surface area contributed by atoms with Gasteiger partial charge in [-0.05, 0) is 53.4 Å². The maximum Gasteiger partial charge on any atom is 1.00 e. The first-order valence-corrected chi connectivity index (χ1v) is 9.88. The van der Waals surface area contributed by atoms with E-state index in [0.717, 1.165) is 31.4 Å². The first kappa shape index (κ1) is 27.5. The number of nitrogens with one attached hydrogen (secondary N) is 1. The summed E-state index contributed by atoms with van der Waals surface area (Å²) in [5.41, 5.74) is 4.08. The fraction of sp³-hybridized carbons (Fsp3) is 0.600. The Hall–Kier alpha value is -0.750. The zero-order valence-electron chi connectivity index (χ0n) is 16.5. The van der Waals surface area contributed by atoms with Gasteiger partial charge in [-0.3, -0.25) is 4.79 Å². The zero-order valence-corrected chi connectivity index (χ0v) is 18.8. The molecule has 0 heterocycles. The summed E-state index contributed by atoms with van der Waals surface area (Å²) in [6, 6.07) is -0.928. The monoisotopic (exact) mass is 473 g/mol. The van der Waals surface area contributed by atoms with Gasteiger partial charge in [0.2, 0.25) is 5.91 Å². The first-order chi connectivity index (χ1) is 11.7. The fourth-order valence-electron chi connectivity index (χ4n) is 2.14. The number of carboxylic acid groups (broad SMARTS) is 1. The molecule has 0 aliphatic carbocycles. The van der Waals surface area contributed by atoms with Gasteiger partial charge >= 0.3 is 22.4 Å². The first-order valence-electron chi connectivity index (χ1n) is 8.72. The zero-order chi connectivity index (χ0) is 19.2. The van der Waals surface area contributed by atoms with Crippen molar-refractivity contribution in [3.05, 3.63) is 34.9 Å². The number of aliphatic carboxylic acids is 1. The number of allylic oxidation sites excluding steroid dienone is 5. The van der Waals surface area contributed by atoms with Crippen LogP contribution in [0.4, 0.5) is 0 Å². The Labute approximate surface area is 178 Å². The summed E-state index contributed by atoms with van der Waals surface area (Å²) in [7, 11) is 0. The summed E-state index contributed by atoms with van der Waals surface area (Å²) in [4.78, 5) is 21.9. The number of hydrogen-bond acceptors (Lipinski definition) is 4. The van der Waals surface area contributed by atoms with Crippen molar-refractivity contribution in [2.24, 2.45) is 0 Å². The Morgan fingerprint density at radius 3 is 2.00 bits per heavy atom. The number of carbonyl (C=O) groups excluding carboxylic acids is 2. The van der Waals surface area contributed by atoms with E-state index in [0.29, 0.717) is 5.75 Å². The number of carbonyl (C=O) groups is 2. The van der Waals surface area contributed by atoms with Crippen LogP contribution in [0.1, 0.15) is 60.3 Å². The van der Waals surface area contributed by atoms with E-state index < -0.39 is 12.0 Å². The van der Waals surface area contributed by atoms with Crippen molar-refractivity contribution in [2.45, 2.75) is 66.3 Å². The van der Waals surface area contributed by atoms with Gasteiger partial charge in [0, 0.05) is 18.4 Å². The molecule has 152 valence electrons. The molecule has 0 aromatic carbocycles. The molecule has 0 spiro atoms. The molecular weight excluding hydrogens is 442 g/mol. The Kier molecular flexibility index (Phi) is 17.4. The van der Waals surface area contributed by atoms with E-state index in [1.165, 1.54) is 35.4 Å². The molecule has 4 nitrogen and oxygen atoms in total.